The number of rotatable bonds is 7. The van der Waals surface area contributed by atoms with E-state index in [1.165, 1.54) is 22.3 Å². The minimum absolute atomic E-state index is 0.322. The van der Waals surface area contributed by atoms with Crippen LogP contribution in [0.3, 0.4) is 0 Å². The van der Waals surface area contributed by atoms with Gasteiger partial charge in [-0.05, 0) is 81.9 Å². The lowest BCUT2D eigenvalue weighted by Crippen LogP contribution is -2.50. The van der Waals surface area contributed by atoms with E-state index in [0.29, 0.717) is 28.5 Å². The highest BCUT2D eigenvalue weighted by Gasteiger charge is 2.47. The van der Waals surface area contributed by atoms with Crippen LogP contribution in [0.15, 0.2) is 72.8 Å². The van der Waals surface area contributed by atoms with Gasteiger partial charge in [-0.25, -0.2) is 0 Å². The van der Waals surface area contributed by atoms with Crippen molar-refractivity contribution < 1.29 is 4.43 Å². The number of nitrogens with two attached hydrogens (primary N) is 1. The molecule has 0 saturated heterocycles. The quantitative estimate of drug-likeness (QED) is 0.276. The van der Waals surface area contributed by atoms with Crippen molar-refractivity contribution in [2.24, 2.45) is 0 Å². The van der Waals surface area contributed by atoms with Crippen LogP contribution in [0.4, 0.5) is 5.69 Å². The van der Waals surface area contributed by atoms with E-state index < -0.39 is 8.32 Å². The highest BCUT2D eigenvalue weighted by Crippen LogP contribution is 2.48. The van der Waals surface area contributed by atoms with Crippen molar-refractivity contribution in [3.63, 3.8) is 0 Å². The summed E-state index contributed by atoms with van der Waals surface area (Å²) in [4.78, 5) is 0. The lowest BCUT2D eigenvalue weighted by atomic mass is 9.69. The van der Waals surface area contributed by atoms with Gasteiger partial charge in [0, 0.05) is 11.6 Å². The van der Waals surface area contributed by atoms with Gasteiger partial charge in [0.05, 0.1) is 0 Å². The molecule has 4 rings (SSSR count). The SMILES string of the molecule is CC(C)[Si](Oc1ccc2c(c1)CCC(c1ccccc1)C2c1ccc(N)cc1)(C(C)C)C(C)C. The highest BCUT2D eigenvalue weighted by molar-refractivity contribution is 6.78. The maximum absolute atomic E-state index is 7.04. The van der Waals surface area contributed by atoms with E-state index in [0.717, 1.165) is 24.3 Å². The first-order valence-electron chi connectivity index (χ1n) is 13.0. The molecule has 0 aromatic heterocycles. The average Bonchev–Trinajstić information content (AvgIpc) is 2.82. The van der Waals surface area contributed by atoms with Gasteiger partial charge < -0.3 is 10.2 Å². The molecular weight excluding hydrogens is 430 g/mol. The van der Waals surface area contributed by atoms with Crippen LogP contribution in [0, 0.1) is 0 Å². The normalized spacial score (nSPS) is 18.4. The van der Waals surface area contributed by atoms with Gasteiger partial charge in [-0.1, -0.05) is 90.1 Å². The van der Waals surface area contributed by atoms with Gasteiger partial charge in [0.1, 0.15) is 5.75 Å². The van der Waals surface area contributed by atoms with Gasteiger partial charge in [-0.2, -0.15) is 0 Å². The summed E-state index contributed by atoms with van der Waals surface area (Å²) < 4.78 is 7.04. The van der Waals surface area contributed by atoms with Crippen molar-refractivity contribution in [3.05, 3.63) is 95.1 Å². The number of benzene rings is 3. The molecule has 2 nitrogen and oxygen atoms in total. The summed E-state index contributed by atoms with van der Waals surface area (Å²) in [7, 11) is -1.98. The molecule has 3 heteroatoms. The third-order valence-corrected chi connectivity index (χ3v) is 14.1. The van der Waals surface area contributed by atoms with Crippen molar-refractivity contribution in [1.29, 1.82) is 0 Å². The molecule has 0 heterocycles. The molecule has 1 aliphatic carbocycles. The smallest absolute Gasteiger partial charge is 0.258 e. The lowest BCUT2D eigenvalue weighted by Gasteiger charge is -2.42. The predicted molar refractivity (Wildman–Crippen MR) is 148 cm³/mol. The second-order valence-electron chi connectivity index (χ2n) is 11.0. The zero-order valence-electron chi connectivity index (χ0n) is 21.7. The number of anilines is 1. The van der Waals surface area contributed by atoms with Crippen LogP contribution in [0.1, 0.15) is 82.1 Å². The van der Waals surface area contributed by atoms with Crippen LogP contribution < -0.4 is 10.2 Å². The predicted octanol–water partition coefficient (Wildman–Crippen LogP) is 8.69. The summed E-state index contributed by atoms with van der Waals surface area (Å²) in [6, 6.07) is 26.4. The molecule has 3 aromatic rings. The van der Waals surface area contributed by atoms with E-state index in [2.05, 4.69) is 102 Å². The molecule has 34 heavy (non-hydrogen) atoms. The Bertz CT molecular complexity index is 1070. The number of fused-ring (bicyclic) bond motifs is 1. The Morgan fingerprint density at radius 2 is 1.38 bits per heavy atom. The van der Waals surface area contributed by atoms with E-state index >= 15 is 0 Å². The molecule has 0 aliphatic heterocycles. The summed E-state index contributed by atoms with van der Waals surface area (Å²) in [6.45, 7) is 14.1. The van der Waals surface area contributed by atoms with E-state index in [9.17, 15) is 0 Å². The standard InChI is InChI=1S/C31H41NOSi/c1-21(2)34(22(3)4,23(5)6)33-28-17-19-30-26(20-28)14-18-29(24-10-8-7-9-11-24)31(30)25-12-15-27(32)16-13-25/h7-13,15-17,19-23,29,31H,14,18,32H2,1-6H3. The van der Waals surface area contributed by atoms with E-state index in [1.54, 1.807) is 0 Å². The van der Waals surface area contributed by atoms with Gasteiger partial charge in [-0.15, -0.1) is 0 Å². The second-order valence-corrected chi connectivity index (χ2v) is 16.4. The van der Waals surface area contributed by atoms with Gasteiger partial charge in [-0.3, -0.25) is 0 Å². The Kier molecular flexibility index (Phi) is 7.23. The zero-order chi connectivity index (χ0) is 24.5. The lowest BCUT2D eigenvalue weighted by molar-refractivity contribution is 0.475. The summed E-state index contributed by atoms with van der Waals surface area (Å²) >= 11 is 0. The third-order valence-electron chi connectivity index (χ3n) is 8.10. The molecule has 0 spiro atoms. The Labute approximate surface area is 207 Å². The molecule has 0 fully saturated rings. The van der Waals surface area contributed by atoms with Crippen LogP contribution in [0.5, 0.6) is 5.75 Å². The topological polar surface area (TPSA) is 35.2 Å². The molecule has 0 bridgehead atoms. The van der Waals surface area contributed by atoms with Crippen LogP contribution in [0.25, 0.3) is 0 Å². The Morgan fingerprint density at radius 3 is 1.97 bits per heavy atom. The maximum atomic E-state index is 7.04. The molecule has 0 amide bonds. The maximum Gasteiger partial charge on any atom is 0.258 e. The van der Waals surface area contributed by atoms with Gasteiger partial charge in [0.25, 0.3) is 8.32 Å². The van der Waals surface area contributed by atoms with Crippen LogP contribution in [-0.2, 0) is 6.42 Å². The van der Waals surface area contributed by atoms with Crippen LogP contribution >= 0.6 is 0 Å². The number of hydrogen-bond donors (Lipinski definition) is 1. The van der Waals surface area contributed by atoms with Crippen molar-refractivity contribution in [2.75, 3.05) is 5.73 Å². The fourth-order valence-electron chi connectivity index (χ4n) is 6.59. The summed E-state index contributed by atoms with van der Waals surface area (Å²) in [5.41, 5.74) is 14.2. The first-order chi connectivity index (χ1) is 16.2. The van der Waals surface area contributed by atoms with Crippen molar-refractivity contribution in [2.45, 2.75) is 82.8 Å². The highest BCUT2D eigenvalue weighted by atomic mass is 28.4. The first-order valence-corrected chi connectivity index (χ1v) is 15.1. The molecule has 3 aromatic carbocycles. The molecular formula is C31H41NOSi. The molecule has 2 N–H and O–H groups in total. The summed E-state index contributed by atoms with van der Waals surface area (Å²) in [5.74, 6) is 1.85. The van der Waals surface area contributed by atoms with E-state index in [4.69, 9.17) is 10.2 Å². The summed E-state index contributed by atoms with van der Waals surface area (Å²) in [6.07, 6.45) is 2.22. The number of hydrogen-bond acceptors (Lipinski definition) is 2. The fourth-order valence-corrected chi connectivity index (χ4v) is 11.8. The Morgan fingerprint density at radius 1 is 0.765 bits per heavy atom. The monoisotopic (exact) mass is 471 g/mol. The molecule has 0 saturated carbocycles. The average molecular weight is 472 g/mol. The van der Waals surface area contributed by atoms with Gasteiger partial charge in [0.2, 0.25) is 0 Å². The van der Waals surface area contributed by atoms with Crippen LogP contribution in [-0.4, -0.2) is 8.32 Å². The minimum atomic E-state index is -1.98. The van der Waals surface area contributed by atoms with Crippen molar-refractivity contribution in [1.82, 2.24) is 0 Å². The Hall–Kier alpha value is -2.52. The fraction of sp³-hybridized carbons (Fsp3) is 0.419. The van der Waals surface area contributed by atoms with Crippen molar-refractivity contribution in [3.8, 4) is 5.75 Å². The molecule has 0 radical (unpaired) electrons. The largest absolute Gasteiger partial charge is 0.543 e. The number of nitrogen functional groups attached to an aromatic ring is 1. The summed E-state index contributed by atoms with van der Waals surface area (Å²) in [5, 5.41) is 0. The second kappa shape index (κ2) is 9.99. The Balaban J connectivity index is 1.76. The third kappa shape index (κ3) is 4.55. The number of aryl methyl sites for hydroxylation is 1. The molecule has 1 aliphatic rings. The van der Waals surface area contributed by atoms with E-state index in [1.807, 2.05) is 12.1 Å². The van der Waals surface area contributed by atoms with Gasteiger partial charge in [0.15, 0.2) is 0 Å². The van der Waals surface area contributed by atoms with Crippen molar-refractivity contribution >= 4 is 14.0 Å². The molecule has 2 atom stereocenters. The molecule has 2 unspecified atom stereocenters. The molecule has 180 valence electrons. The zero-order valence-corrected chi connectivity index (χ0v) is 22.7. The van der Waals surface area contributed by atoms with E-state index in [-0.39, 0.29) is 0 Å². The van der Waals surface area contributed by atoms with Gasteiger partial charge >= 0.3 is 0 Å². The minimum Gasteiger partial charge on any atom is -0.543 e. The van der Waals surface area contributed by atoms with Crippen LogP contribution in [0.2, 0.25) is 16.6 Å². The first kappa shape index (κ1) is 24.6.